The molecule has 2 aliphatic heterocycles. The number of ether oxygens (including phenoxy) is 1. The second-order valence-electron chi connectivity index (χ2n) is 11.4. The zero-order valence-electron chi connectivity index (χ0n) is 23.9. The normalized spacial score (nSPS) is 18.5. The number of halogens is 6. The molecule has 13 heteroatoms. The van der Waals surface area contributed by atoms with E-state index in [1.165, 1.54) is 4.90 Å². The largest absolute Gasteiger partial charge is 0.435 e. The van der Waals surface area contributed by atoms with Crippen molar-refractivity contribution in [3.05, 3.63) is 58.6 Å². The Kier molecular flexibility index (Phi) is 10.1. The molecule has 2 heterocycles. The quantitative estimate of drug-likeness (QED) is 0.365. The number of likely N-dealkylation sites (tertiary alicyclic amines) is 1. The summed E-state index contributed by atoms with van der Waals surface area (Å²) >= 11 is 6.38. The average Bonchev–Trinajstić information content (AvgIpc) is 2.96. The first-order valence-electron chi connectivity index (χ1n) is 14.1. The first-order valence-corrected chi connectivity index (χ1v) is 14.5. The molecule has 1 atom stereocenters. The monoisotopic (exact) mass is 631 g/mol. The van der Waals surface area contributed by atoms with Crippen LogP contribution in [0.3, 0.4) is 0 Å². The Morgan fingerprint density at radius 3 is 2.14 bits per heavy atom. The number of rotatable bonds is 8. The number of nitrogens with zero attached hydrogens (tertiary/aromatic N) is 3. The fourth-order valence-electron chi connectivity index (χ4n) is 5.92. The number of alkyl halides is 5. The number of anilines is 1. The van der Waals surface area contributed by atoms with Gasteiger partial charge in [0, 0.05) is 51.5 Å². The molecule has 0 bridgehead atoms. The van der Waals surface area contributed by atoms with Gasteiger partial charge in [-0.25, -0.2) is 0 Å². The number of carbonyl (C=O) groups is 2. The maximum Gasteiger partial charge on any atom is 0.430 e. The van der Waals surface area contributed by atoms with Crippen molar-refractivity contribution >= 4 is 29.1 Å². The van der Waals surface area contributed by atoms with Gasteiger partial charge in [-0.15, -0.1) is 0 Å². The van der Waals surface area contributed by atoms with Crippen molar-refractivity contribution < 1.29 is 41.4 Å². The Hall–Kier alpha value is -3.12. The number of hydrogen-bond acceptors (Lipinski definition) is 5. The van der Waals surface area contributed by atoms with Crippen LogP contribution in [-0.4, -0.2) is 79.8 Å². The van der Waals surface area contributed by atoms with Gasteiger partial charge in [-0.05, 0) is 74.3 Å². The molecule has 2 aromatic carbocycles. The molecule has 2 aromatic rings. The smallest absolute Gasteiger partial charge is 0.430 e. The predicted molar refractivity (Wildman–Crippen MR) is 151 cm³/mol. The third-order valence-corrected chi connectivity index (χ3v) is 8.65. The number of benzene rings is 2. The van der Waals surface area contributed by atoms with Crippen molar-refractivity contribution in [2.45, 2.75) is 50.5 Å². The number of aliphatic hydroxyl groups is 1. The van der Waals surface area contributed by atoms with E-state index in [1.807, 2.05) is 6.07 Å². The molecule has 0 aromatic heterocycles. The van der Waals surface area contributed by atoms with Gasteiger partial charge >= 0.3 is 12.8 Å². The number of piperidine rings is 2. The standard InChI is InChI=1S/C30H35ClF5N3O4/c1-37(2)26(40)24-7-6-22(18-25(24)31)38-12-8-19(9-13-38)16-20-10-14-39(15-11-20)27(41)29(42,30(34,35)36)21-4-3-5-23(17-21)43-28(32)33/h3-7,17-20,28,42H,8-16H2,1-2H3. The van der Waals surface area contributed by atoms with E-state index < -0.39 is 35.6 Å². The van der Waals surface area contributed by atoms with E-state index in [9.17, 15) is 36.6 Å². The Morgan fingerprint density at radius 2 is 1.60 bits per heavy atom. The number of amides is 2. The molecule has 236 valence electrons. The zero-order chi connectivity index (χ0) is 31.5. The molecule has 2 amide bonds. The molecule has 0 radical (unpaired) electrons. The fraction of sp³-hybridized carbons (Fsp3) is 0.533. The highest BCUT2D eigenvalue weighted by Crippen LogP contribution is 2.42. The van der Waals surface area contributed by atoms with Crippen LogP contribution in [-0.2, 0) is 10.4 Å². The van der Waals surface area contributed by atoms with E-state index in [1.54, 1.807) is 26.2 Å². The second kappa shape index (κ2) is 13.3. The van der Waals surface area contributed by atoms with Crippen LogP contribution in [0, 0.1) is 11.8 Å². The zero-order valence-corrected chi connectivity index (χ0v) is 24.7. The molecular formula is C30H35ClF5N3O4. The summed E-state index contributed by atoms with van der Waals surface area (Å²) < 4.78 is 71.8. The summed E-state index contributed by atoms with van der Waals surface area (Å²) in [5.41, 5.74) is -3.39. The van der Waals surface area contributed by atoms with Gasteiger partial charge in [-0.1, -0.05) is 23.7 Å². The van der Waals surface area contributed by atoms with Gasteiger partial charge in [0.2, 0.25) is 0 Å². The van der Waals surface area contributed by atoms with E-state index >= 15 is 0 Å². The van der Waals surface area contributed by atoms with Crippen LogP contribution in [0.1, 0.15) is 48.0 Å². The van der Waals surface area contributed by atoms with Crippen LogP contribution in [0.5, 0.6) is 5.75 Å². The minimum absolute atomic E-state index is 0.0461. The molecular weight excluding hydrogens is 597 g/mol. The predicted octanol–water partition coefficient (Wildman–Crippen LogP) is 5.94. The summed E-state index contributed by atoms with van der Waals surface area (Å²) in [7, 11) is 3.33. The molecule has 1 unspecified atom stereocenters. The van der Waals surface area contributed by atoms with Gasteiger partial charge < -0.3 is 24.5 Å². The summed E-state index contributed by atoms with van der Waals surface area (Å²) in [6.07, 6.45) is -1.69. The summed E-state index contributed by atoms with van der Waals surface area (Å²) in [6.45, 7) is -1.59. The van der Waals surface area contributed by atoms with Gasteiger partial charge in [0.1, 0.15) is 5.75 Å². The van der Waals surface area contributed by atoms with Gasteiger partial charge in [-0.3, -0.25) is 9.59 Å². The van der Waals surface area contributed by atoms with E-state index in [-0.39, 0.29) is 24.9 Å². The lowest BCUT2D eigenvalue weighted by molar-refractivity contribution is -0.262. The van der Waals surface area contributed by atoms with Crippen LogP contribution in [0.2, 0.25) is 5.02 Å². The molecule has 1 N–H and O–H groups in total. The highest BCUT2D eigenvalue weighted by molar-refractivity contribution is 6.34. The van der Waals surface area contributed by atoms with Crippen LogP contribution in [0.4, 0.5) is 27.6 Å². The Labute approximate surface area is 252 Å². The van der Waals surface area contributed by atoms with Gasteiger partial charge in [0.25, 0.3) is 17.4 Å². The van der Waals surface area contributed by atoms with Crippen molar-refractivity contribution in [1.82, 2.24) is 9.80 Å². The highest BCUT2D eigenvalue weighted by Gasteiger charge is 2.62. The van der Waals surface area contributed by atoms with Crippen molar-refractivity contribution in [3.8, 4) is 5.75 Å². The van der Waals surface area contributed by atoms with Gasteiger partial charge in [-0.2, -0.15) is 22.0 Å². The van der Waals surface area contributed by atoms with Crippen LogP contribution in [0.15, 0.2) is 42.5 Å². The van der Waals surface area contributed by atoms with Crippen molar-refractivity contribution in [2.24, 2.45) is 11.8 Å². The van der Waals surface area contributed by atoms with Gasteiger partial charge in [0.15, 0.2) is 0 Å². The van der Waals surface area contributed by atoms with E-state index in [0.717, 1.165) is 61.1 Å². The first kappa shape index (κ1) is 32.8. The van der Waals surface area contributed by atoms with Gasteiger partial charge in [0.05, 0.1) is 10.6 Å². The third-order valence-electron chi connectivity index (χ3n) is 8.33. The molecule has 0 saturated carbocycles. The molecule has 0 aliphatic carbocycles. The molecule has 0 spiro atoms. The summed E-state index contributed by atoms with van der Waals surface area (Å²) in [5, 5.41) is 11.1. The minimum Gasteiger partial charge on any atom is -0.435 e. The molecule has 7 nitrogen and oxygen atoms in total. The van der Waals surface area contributed by atoms with Crippen LogP contribution >= 0.6 is 11.6 Å². The molecule has 43 heavy (non-hydrogen) atoms. The summed E-state index contributed by atoms with van der Waals surface area (Å²) in [4.78, 5) is 30.1. The van der Waals surface area contributed by atoms with E-state index in [2.05, 4.69) is 9.64 Å². The van der Waals surface area contributed by atoms with E-state index in [0.29, 0.717) is 35.4 Å². The Bertz CT molecular complexity index is 1290. The molecule has 4 rings (SSSR count). The average molecular weight is 632 g/mol. The maximum absolute atomic E-state index is 14.1. The Balaban J connectivity index is 1.32. The highest BCUT2D eigenvalue weighted by atomic mass is 35.5. The summed E-state index contributed by atoms with van der Waals surface area (Å²) in [6, 6.07) is 8.94. The summed E-state index contributed by atoms with van der Waals surface area (Å²) in [5.74, 6) is -1.66. The van der Waals surface area contributed by atoms with Crippen LogP contribution in [0.25, 0.3) is 0 Å². The lowest BCUT2D eigenvalue weighted by Crippen LogP contribution is -2.57. The number of hydrogen-bond donors (Lipinski definition) is 1. The second-order valence-corrected chi connectivity index (χ2v) is 11.8. The van der Waals surface area contributed by atoms with Crippen LogP contribution < -0.4 is 9.64 Å². The molecule has 2 aliphatic rings. The number of carbonyl (C=O) groups excluding carboxylic acids is 2. The SMILES string of the molecule is CN(C)C(=O)c1ccc(N2CCC(CC3CCN(C(=O)C(O)(c4cccc(OC(F)F)c4)C(F)(F)F)CC3)CC2)cc1Cl. The topological polar surface area (TPSA) is 73.3 Å². The van der Waals surface area contributed by atoms with Crippen molar-refractivity contribution in [3.63, 3.8) is 0 Å². The first-order chi connectivity index (χ1) is 20.2. The lowest BCUT2D eigenvalue weighted by Gasteiger charge is -2.40. The van der Waals surface area contributed by atoms with Crippen molar-refractivity contribution in [1.29, 1.82) is 0 Å². The Morgan fingerprint density at radius 1 is 1.00 bits per heavy atom. The molecule has 2 fully saturated rings. The lowest BCUT2D eigenvalue weighted by atomic mass is 9.82. The minimum atomic E-state index is -5.38. The third kappa shape index (κ3) is 7.34. The van der Waals surface area contributed by atoms with E-state index in [4.69, 9.17) is 11.6 Å². The maximum atomic E-state index is 14.1. The fourth-order valence-corrected chi connectivity index (χ4v) is 6.18. The molecule has 2 saturated heterocycles. The van der Waals surface area contributed by atoms with Crippen molar-refractivity contribution in [2.75, 3.05) is 45.2 Å².